The monoisotopic (exact) mass is 498 g/mol. The molecule has 3 rings (SSSR count). The van der Waals surface area contributed by atoms with Crippen molar-refractivity contribution in [2.24, 2.45) is 0 Å². The number of anilines is 2. The normalized spacial score (nSPS) is 11.7. The summed E-state index contributed by atoms with van der Waals surface area (Å²) in [5, 5.41) is 2.55. The van der Waals surface area contributed by atoms with Crippen LogP contribution in [0.15, 0.2) is 71.6 Å². The van der Waals surface area contributed by atoms with E-state index >= 15 is 0 Å². The highest BCUT2D eigenvalue weighted by Gasteiger charge is 2.30. The average molecular weight is 499 g/mol. The first kappa shape index (κ1) is 24.4. The lowest BCUT2D eigenvalue weighted by atomic mass is 10.2. The van der Waals surface area contributed by atoms with Gasteiger partial charge in [-0.05, 0) is 55.5 Å². The van der Waals surface area contributed by atoms with Crippen LogP contribution in [-0.4, -0.2) is 20.9 Å². The SMILES string of the molecule is Cc1ccc(NC(=O)COc2ccc(S(=O)(=O)Nc3cccc(C(F)(F)F)c3)cc2Cl)cc1. The van der Waals surface area contributed by atoms with Crippen LogP contribution in [0, 0.1) is 6.92 Å². The number of alkyl halides is 3. The first-order chi connectivity index (χ1) is 15.4. The summed E-state index contributed by atoms with van der Waals surface area (Å²) < 4.78 is 71.1. The second-order valence-corrected chi connectivity index (χ2v) is 9.07. The highest BCUT2D eigenvalue weighted by molar-refractivity contribution is 7.92. The molecule has 0 aliphatic carbocycles. The highest BCUT2D eigenvalue weighted by Crippen LogP contribution is 2.32. The standard InChI is InChI=1S/C22H18ClF3N2O4S/c1-14-5-7-16(8-6-14)27-21(29)13-32-20-10-9-18(12-19(20)23)33(30,31)28-17-4-2-3-15(11-17)22(24,25)26/h2-12,28H,13H2,1H3,(H,27,29). The lowest BCUT2D eigenvalue weighted by molar-refractivity contribution is -0.137. The Morgan fingerprint density at radius 2 is 1.70 bits per heavy atom. The number of rotatable bonds is 7. The third-order valence-corrected chi connectivity index (χ3v) is 6.02. The molecule has 174 valence electrons. The number of aryl methyl sites for hydroxylation is 1. The zero-order valence-corrected chi connectivity index (χ0v) is 18.7. The minimum atomic E-state index is -4.62. The van der Waals surface area contributed by atoms with Gasteiger partial charge in [0.1, 0.15) is 5.75 Å². The predicted molar refractivity (Wildman–Crippen MR) is 119 cm³/mol. The Morgan fingerprint density at radius 1 is 1.00 bits per heavy atom. The predicted octanol–water partition coefficient (Wildman–Crippen LogP) is 5.49. The molecular formula is C22H18ClF3N2O4S. The van der Waals surface area contributed by atoms with Gasteiger partial charge in [0.2, 0.25) is 0 Å². The molecule has 0 fully saturated rings. The van der Waals surface area contributed by atoms with Crippen molar-refractivity contribution in [3.8, 4) is 5.75 Å². The molecular weight excluding hydrogens is 481 g/mol. The Balaban J connectivity index is 1.66. The van der Waals surface area contributed by atoms with Gasteiger partial charge in [0.25, 0.3) is 15.9 Å². The number of sulfonamides is 1. The summed E-state index contributed by atoms with van der Waals surface area (Å²) in [6, 6.07) is 14.4. The van der Waals surface area contributed by atoms with Crippen molar-refractivity contribution < 1.29 is 31.1 Å². The van der Waals surface area contributed by atoms with E-state index in [4.69, 9.17) is 16.3 Å². The van der Waals surface area contributed by atoms with Crippen molar-refractivity contribution in [3.05, 3.63) is 82.9 Å². The number of ether oxygens (including phenoxy) is 1. The lowest BCUT2D eigenvalue weighted by Crippen LogP contribution is -2.20. The van der Waals surface area contributed by atoms with Gasteiger partial charge < -0.3 is 10.1 Å². The Kier molecular flexibility index (Phi) is 7.19. The molecule has 2 N–H and O–H groups in total. The number of carbonyl (C=O) groups is 1. The molecule has 0 aliphatic rings. The molecule has 3 aromatic rings. The van der Waals surface area contributed by atoms with Crippen LogP contribution in [0.2, 0.25) is 5.02 Å². The molecule has 0 aromatic heterocycles. The van der Waals surface area contributed by atoms with Crippen LogP contribution in [-0.2, 0) is 21.0 Å². The Bertz CT molecular complexity index is 1260. The molecule has 0 aliphatic heterocycles. The number of hydrogen-bond acceptors (Lipinski definition) is 4. The van der Waals surface area contributed by atoms with Crippen LogP contribution in [0.25, 0.3) is 0 Å². The fourth-order valence-electron chi connectivity index (χ4n) is 2.72. The Morgan fingerprint density at radius 3 is 2.33 bits per heavy atom. The van der Waals surface area contributed by atoms with E-state index in [0.29, 0.717) is 11.8 Å². The first-order valence-electron chi connectivity index (χ1n) is 9.43. The van der Waals surface area contributed by atoms with Crippen molar-refractivity contribution in [3.63, 3.8) is 0 Å². The summed E-state index contributed by atoms with van der Waals surface area (Å²) in [4.78, 5) is 11.8. The smallest absolute Gasteiger partial charge is 0.416 e. The molecule has 3 aromatic carbocycles. The van der Waals surface area contributed by atoms with Crippen LogP contribution >= 0.6 is 11.6 Å². The summed E-state index contributed by atoms with van der Waals surface area (Å²) in [7, 11) is -4.23. The molecule has 0 atom stereocenters. The summed E-state index contributed by atoms with van der Waals surface area (Å²) >= 11 is 6.09. The zero-order chi connectivity index (χ0) is 24.2. The number of halogens is 4. The minimum Gasteiger partial charge on any atom is -0.482 e. The van der Waals surface area contributed by atoms with Gasteiger partial charge in [-0.3, -0.25) is 9.52 Å². The van der Waals surface area contributed by atoms with Crippen LogP contribution in [0.3, 0.4) is 0 Å². The van der Waals surface area contributed by atoms with Crippen LogP contribution < -0.4 is 14.8 Å². The molecule has 6 nitrogen and oxygen atoms in total. The van der Waals surface area contributed by atoms with E-state index in [1.54, 1.807) is 12.1 Å². The van der Waals surface area contributed by atoms with Crippen LogP contribution in [0.4, 0.5) is 24.5 Å². The second kappa shape index (κ2) is 9.72. The molecule has 0 unspecified atom stereocenters. The topological polar surface area (TPSA) is 84.5 Å². The van der Waals surface area contributed by atoms with Crippen LogP contribution in [0.5, 0.6) is 5.75 Å². The van der Waals surface area contributed by atoms with Gasteiger partial charge in [0.15, 0.2) is 6.61 Å². The summed E-state index contributed by atoms with van der Waals surface area (Å²) in [5.74, 6) is -0.383. The molecule has 1 amide bonds. The summed E-state index contributed by atoms with van der Waals surface area (Å²) in [6.45, 7) is 1.54. The molecule has 33 heavy (non-hydrogen) atoms. The average Bonchev–Trinajstić information content (AvgIpc) is 2.74. The summed E-state index contributed by atoms with van der Waals surface area (Å²) in [6.07, 6.45) is -4.62. The molecule has 11 heteroatoms. The molecule has 0 saturated carbocycles. The van der Waals surface area contributed by atoms with Crippen molar-refractivity contribution in [1.29, 1.82) is 0 Å². The van der Waals surface area contributed by atoms with Gasteiger partial charge >= 0.3 is 6.18 Å². The maximum Gasteiger partial charge on any atom is 0.416 e. The van der Waals surface area contributed by atoms with Gasteiger partial charge in [-0.15, -0.1) is 0 Å². The van der Waals surface area contributed by atoms with E-state index in [-0.39, 0.29) is 28.0 Å². The van der Waals surface area contributed by atoms with Gasteiger partial charge in [0.05, 0.1) is 15.5 Å². The highest BCUT2D eigenvalue weighted by atomic mass is 35.5. The maximum atomic E-state index is 12.9. The molecule has 0 bridgehead atoms. The summed E-state index contributed by atoms with van der Waals surface area (Å²) in [5.41, 5.74) is 0.374. The van der Waals surface area contributed by atoms with Crippen LogP contribution in [0.1, 0.15) is 11.1 Å². The van der Waals surface area contributed by atoms with E-state index in [9.17, 15) is 26.4 Å². The Labute approximate surface area is 193 Å². The fraction of sp³-hybridized carbons (Fsp3) is 0.136. The van der Waals surface area contributed by atoms with E-state index in [1.165, 1.54) is 12.1 Å². The van der Waals surface area contributed by atoms with Gasteiger partial charge in [-0.1, -0.05) is 35.4 Å². The number of nitrogens with one attached hydrogen (secondary N) is 2. The molecule has 0 radical (unpaired) electrons. The Hall–Kier alpha value is -3.24. The van der Waals surface area contributed by atoms with E-state index in [2.05, 4.69) is 10.0 Å². The number of benzene rings is 3. The van der Waals surface area contributed by atoms with Gasteiger partial charge in [-0.2, -0.15) is 13.2 Å². The first-order valence-corrected chi connectivity index (χ1v) is 11.3. The van der Waals surface area contributed by atoms with Crippen molar-refractivity contribution >= 4 is 38.9 Å². The number of hydrogen-bond donors (Lipinski definition) is 2. The minimum absolute atomic E-state index is 0.0636. The number of carbonyl (C=O) groups excluding carboxylic acids is 1. The third-order valence-electron chi connectivity index (χ3n) is 4.35. The van der Waals surface area contributed by atoms with Gasteiger partial charge in [0, 0.05) is 11.4 Å². The van der Waals surface area contributed by atoms with E-state index in [1.807, 2.05) is 19.1 Å². The van der Waals surface area contributed by atoms with E-state index < -0.39 is 27.7 Å². The molecule has 0 spiro atoms. The van der Waals surface area contributed by atoms with Gasteiger partial charge in [-0.25, -0.2) is 8.42 Å². The fourth-order valence-corrected chi connectivity index (χ4v) is 4.09. The quantitative estimate of drug-likeness (QED) is 0.451. The van der Waals surface area contributed by atoms with Crippen molar-refractivity contribution in [1.82, 2.24) is 0 Å². The molecule has 0 heterocycles. The lowest BCUT2D eigenvalue weighted by Gasteiger charge is -2.13. The van der Waals surface area contributed by atoms with Crippen molar-refractivity contribution in [2.75, 3.05) is 16.6 Å². The zero-order valence-electron chi connectivity index (χ0n) is 17.1. The van der Waals surface area contributed by atoms with Crippen molar-refractivity contribution in [2.45, 2.75) is 18.0 Å². The number of amides is 1. The van der Waals surface area contributed by atoms with E-state index in [0.717, 1.165) is 29.8 Å². The molecule has 0 saturated heterocycles. The third kappa shape index (κ3) is 6.62. The maximum absolute atomic E-state index is 12.9. The second-order valence-electron chi connectivity index (χ2n) is 6.98. The largest absolute Gasteiger partial charge is 0.482 e.